The molecule has 0 unspecified atom stereocenters. The lowest BCUT2D eigenvalue weighted by Gasteiger charge is -2.05. The van der Waals surface area contributed by atoms with Gasteiger partial charge in [-0.1, -0.05) is 39.7 Å². The van der Waals surface area contributed by atoms with E-state index in [4.69, 9.17) is 11.6 Å². The van der Waals surface area contributed by atoms with E-state index in [0.717, 1.165) is 4.47 Å². The first-order valence-corrected chi connectivity index (χ1v) is 7.52. The van der Waals surface area contributed by atoms with Gasteiger partial charge in [0.1, 0.15) is 5.75 Å². The number of carbonyl (C=O) groups excluding carboxylic acids is 2. The summed E-state index contributed by atoms with van der Waals surface area (Å²) in [6, 6.07) is 11.3. The minimum absolute atomic E-state index is 0.00767. The van der Waals surface area contributed by atoms with Crippen molar-refractivity contribution in [3.8, 4) is 5.75 Å². The zero-order valence-electron chi connectivity index (χ0n) is 11.6. The van der Waals surface area contributed by atoms with Gasteiger partial charge in [0.25, 0.3) is 0 Å². The quantitative estimate of drug-likeness (QED) is 0.423. The van der Waals surface area contributed by atoms with Crippen molar-refractivity contribution in [2.75, 3.05) is 5.32 Å². The number of phenols is 1. The molecule has 8 heteroatoms. The second kappa shape index (κ2) is 7.75. The largest absolute Gasteiger partial charge is 0.507 e. The number of aromatic hydroxyl groups is 1. The summed E-state index contributed by atoms with van der Waals surface area (Å²) in [6.07, 6.45) is 1.22. The van der Waals surface area contributed by atoms with E-state index in [-0.39, 0.29) is 5.75 Å². The number of rotatable bonds is 3. The number of halogens is 2. The Labute approximate surface area is 145 Å². The fourth-order valence-corrected chi connectivity index (χ4v) is 2.14. The van der Waals surface area contributed by atoms with Crippen molar-refractivity contribution in [2.45, 2.75) is 0 Å². The number of nitrogens with one attached hydrogen (secondary N) is 2. The van der Waals surface area contributed by atoms with Crippen LogP contribution in [0, 0.1) is 0 Å². The molecular weight excluding hydrogens is 386 g/mol. The maximum absolute atomic E-state index is 11.7. The van der Waals surface area contributed by atoms with Crippen molar-refractivity contribution in [1.29, 1.82) is 0 Å². The predicted molar refractivity (Wildman–Crippen MR) is 91.6 cm³/mol. The highest BCUT2D eigenvalue weighted by molar-refractivity contribution is 9.10. The smallest absolute Gasteiger partial charge is 0.329 e. The molecule has 3 N–H and O–H groups in total. The van der Waals surface area contributed by atoms with Gasteiger partial charge < -0.3 is 10.4 Å². The van der Waals surface area contributed by atoms with Crippen molar-refractivity contribution >= 4 is 51.2 Å². The van der Waals surface area contributed by atoms with E-state index in [0.29, 0.717) is 16.3 Å². The average molecular weight is 397 g/mol. The lowest BCUT2D eigenvalue weighted by Crippen LogP contribution is -2.32. The van der Waals surface area contributed by atoms with Gasteiger partial charge in [0.15, 0.2) is 0 Å². The first-order valence-electron chi connectivity index (χ1n) is 6.35. The van der Waals surface area contributed by atoms with E-state index in [1.807, 2.05) is 0 Å². The summed E-state index contributed by atoms with van der Waals surface area (Å²) in [5.41, 5.74) is 2.77. The second-order valence-corrected chi connectivity index (χ2v) is 5.66. The van der Waals surface area contributed by atoms with Crippen LogP contribution in [0.4, 0.5) is 5.69 Å². The van der Waals surface area contributed by atoms with Gasteiger partial charge in [0.2, 0.25) is 0 Å². The summed E-state index contributed by atoms with van der Waals surface area (Å²) in [5.74, 6) is -1.88. The summed E-state index contributed by atoms with van der Waals surface area (Å²) in [5, 5.41) is 15.9. The number of amides is 2. The molecule has 0 bridgehead atoms. The normalized spacial score (nSPS) is 10.5. The van der Waals surface area contributed by atoms with Crippen molar-refractivity contribution < 1.29 is 14.7 Å². The van der Waals surface area contributed by atoms with Crippen molar-refractivity contribution in [3.63, 3.8) is 0 Å². The average Bonchev–Trinajstić information content (AvgIpc) is 2.52. The number of phenolic OH excluding ortho intramolecular Hbond substituents is 1. The first kappa shape index (κ1) is 17.0. The number of anilines is 1. The molecule has 2 aromatic rings. The SMILES string of the molecule is O=C(N/N=C\c1cc(Br)ccc1O)C(=O)Nc1ccccc1Cl. The molecule has 6 nitrogen and oxygen atoms in total. The molecule has 0 spiro atoms. The Morgan fingerprint density at radius 3 is 2.65 bits per heavy atom. The number of para-hydroxylation sites is 1. The summed E-state index contributed by atoms with van der Waals surface area (Å²) in [4.78, 5) is 23.4. The van der Waals surface area contributed by atoms with Crippen LogP contribution < -0.4 is 10.7 Å². The van der Waals surface area contributed by atoms with Gasteiger partial charge in [-0.25, -0.2) is 5.43 Å². The molecule has 0 aromatic heterocycles. The van der Waals surface area contributed by atoms with E-state index in [1.54, 1.807) is 36.4 Å². The summed E-state index contributed by atoms with van der Waals surface area (Å²) >= 11 is 9.13. The zero-order valence-corrected chi connectivity index (χ0v) is 13.9. The molecule has 118 valence electrons. The van der Waals surface area contributed by atoms with Gasteiger partial charge in [-0.3, -0.25) is 9.59 Å². The van der Waals surface area contributed by atoms with E-state index >= 15 is 0 Å². The minimum Gasteiger partial charge on any atom is -0.507 e. The van der Waals surface area contributed by atoms with Crippen LogP contribution in [-0.4, -0.2) is 23.1 Å². The van der Waals surface area contributed by atoms with Crippen LogP contribution in [0.2, 0.25) is 5.02 Å². The second-order valence-electron chi connectivity index (χ2n) is 4.34. The van der Waals surface area contributed by atoms with Crippen LogP contribution in [-0.2, 0) is 9.59 Å². The van der Waals surface area contributed by atoms with Gasteiger partial charge in [-0.2, -0.15) is 5.10 Å². The third-order valence-electron chi connectivity index (χ3n) is 2.69. The standard InChI is InChI=1S/C15H11BrClN3O3/c16-10-5-6-13(21)9(7-10)8-18-20-15(23)14(22)19-12-4-2-1-3-11(12)17/h1-8,21H,(H,19,22)(H,20,23)/b18-8-. The number of nitrogens with zero attached hydrogens (tertiary/aromatic N) is 1. The number of hydrazone groups is 1. The first-order chi connectivity index (χ1) is 11.0. The zero-order chi connectivity index (χ0) is 16.8. The Morgan fingerprint density at radius 2 is 1.91 bits per heavy atom. The van der Waals surface area contributed by atoms with E-state index in [9.17, 15) is 14.7 Å². The maximum Gasteiger partial charge on any atom is 0.329 e. The van der Waals surface area contributed by atoms with Crippen LogP contribution in [0.5, 0.6) is 5.75 Å². The molecule has 2 rings (SSSR count). The molecule has 0 saturated heterocycles. The van der Waals surface area contributed by atoms with E-state index in [1.165, 1.54) is 12.3 Å². The Kier molecular flexibility index (Phi) is 5.72. The molecule has 23 heavy (non-hydrogen) atoms. The van der Waals surface area contributed by atoms with Gasteiger partial charge in [0.05, 0.1) is 16.9 Å². The summed E-state index contributed by atoms with van der Waals surface area (Å²) in [7, 11) is 0. The third-order valence-corrected chi connectivity index (χ3v) is 3.51. The van der Waals surface area contributed by atoms with Crippen molar-refractivity contribution in [3.05, 3.63) is 57.5 Å². The maximum atomic E-state index is 11.7. The molecule has 0 aliphatic carbocycles. The monoisotopic (exact) mass is 395 g/mol. The molecular formula is C15H11BrClN3O3. The molecule has 0 saturated carbocycles. The summed E-state index contributed by atoms with van der Waals surface area (Å²) < 4.78 is 0.736. The molecule has 0 aliphatic heterocycles. The highest BCUT2D eigenvalue weighted by Gasteiger charge is 2.14. The lowest BCUT2D eigenvalue weighted by atomic mass is 10.2. The number of benzene rings is 2. The fourth-order valence-electron chi connectivity index (χ4n) is 1.58. The highest BCUT2D eigenvalue weighted by Crippen LogP contribution is 2.20. The van der Waals surface area contributed by atoms with Crippen molar-refractivity contribution in [2.24, 2.45) is 5.10 Å². The van der Waals surface area contributed by atoms with E-state index in [2.05, 4.69) is 31.8 Å². The topological polar surface area (TPSA) is 90.8 Å². The number of hydrogen-bond acceptors (Lipinski definition) is 4. The molecule has 2 amide bonds. The Hall–Kier alpha value is -2.38. The van der Waals surface area contributed by atoms with Crippen LogP contribution in [0.15, 0.2) is 52.0 Å². The Morgan fingerprint density at radius 1 is 1.17 bits per heavy atom. The van der Waals surface area contributed by atoms with Crippen LogP contribution >= 0.6 is 27.5 Å². The van der Waals surface area contributed by atoms with Crippen molar-refractivity contribution in [1.82, 2.24) is 5.43 Å². The van der Waals surface area contributed by atoms with Crippen LogP contribution in [0.1, 0.15) is 5.56 Å². The predicted octanol–water partition coefficient (Wildman–Crippen LogP) is 2.90. The molecule has 0 aliphatic rings. The third kappa shape index (κ3) is 4.80. The van der Waals surface area contributed by atoms with Gasteiger partial charge in [0, 0.05) is 10.0 Å². The fraction of sp³-hybridized carbons (Fsp3) is 0. The lowest BCUT2D eigenvalue weighted by molar-refractivity contribution is -0.136. The number of carbonyl (C=O) groups is 2. The van der Waals surface area contributed by atoms with Crippen LogP contribution in [0.25, 0.3) is 0 Å². The summed E-state index contributed by atoms with van der Waals surface area (Å²) in [6.45, 7) is 0. The molecule has 2 aromatic carbocycles. The Bertz CT molecular complexity index is 780. The molecule has 0 atom stereocenters. The van der Waals surface area contributed by atoms with E-state index < -0.39 is 11.8 Å². The van der Waals surface area contributed by atoms with Gasteiger partial charge in [-0.15, -0.1) is 0 Å². The highest BCUT2D eigenvalue weighted by atomic mass is 79.9. The minimum atomic E-state index is -0.962. The molecule has 0 radical (unpaired) electrons. The Balaban J connectivity index is 1.96. The van der Waals surface area contributed by atoms with Crippen LogP contribution in [0.3, 0.4) is 0 Å². The number of hydrogen-bond donors (Lipinski definition) is 3. The molecule has 0 fully saturated rings. The molecule has 0 heterocycles. The van der Waals surface area contributed by atoms with Gasteiger partial charge >= 0.3 is 11.8 Å². The van der Waals surface area contributed by atoms with Gasteiger partial charge in [-0.05, 0) is 30.3 Å².